The zero-order chi connectivity index (χ0) is 14.8. The molecule has 1 aliphatic heterocycles. The van der Waals surface area contributed by atoms with Crippen molar-refractivity contribution in [2.75, 3.05) is 24.6 Å². The Bertz CT molecular complexity index is 701. The molecule has 0 bridgehead atoms. The van der Waals surface area contributed by atoms with Gasteiger partial charge in [0, 0.05) is 38.3 Å². The van der Waals surface area contributed by atoms with Gasteiger partial charge in [-0.15, -0.1) is 0 Å². The van der Waals surface area contributed by atoms with Gasteiger partial charge >= 0.3 is 5.69 Å². The van der Waals surface area contributed by atoms with E-state index < -0.39 is 5.69 Å². The highest BCUT2D eigenvalue weighted by Crippen LogP contribution is 2.21. The maximum Gasteiger partial charge on any atom is 0.329 e. The predicted octanol–water partition coefficient (Wildman–Crippen LogP) is -0.0162. The number of rotatable bonds is 4. The molecule has 0 saturated carbocycles. The Balaban J connectivity index is 1.56. The third kappa shape index (κ3) is 2.81. The number of H-pyrrole nitrogens is 1. The van der Waals surface area contributed by atoms with Gasteiger partial charge in [-0.3, -0.25) is 19.3 Å². The van der Waals surface area contributed by atoms with Gasteiger partial charge in [-0.05, 0) is 12.1 Å². The zero-order valence-corrected chi connectivity index (χ0v) is 11.7. The van der Waals surface area contributed by atoms with Gasteiger partial charge in [-0.2, -0.15) is 0 Å². The van der Waals surface area contributed by atoms with Gasteiger partial charge in [0.25, 0.3) is 5.56 Å². The van der Waals surface area contributed by atoms with E-state index in [2.05, 4.69) is 9.97 Å². The van der Waals surface area contributed by atoms with Crippen molar-refractivity contribution in [2.45, 2.75) is 0 Å². The van der Waals surface area contributed by atoms with Crippen LogP contribution in [0.25, 0.3) is 0 Å². The molecule has 1 fully saturated rings. The second-order valence-corrected chi connectivity index (χ2v) is 5.13. The molecule has 7 heteroatoms. The van der Waals surface area contributed by atoms with Crippen LogP contribution in [-0.2, 0) is 7.05 Å². The molecule has 1 N–H and O–H groups in total. The average Bonchev–Trinajstić information content (AvgIpc) is 2.44. The minimum Gasteiger partial charge on any atom is -0.492 e. The highest BCUT2D eigenvalue weighted by Gasteiger charge is 2.28. The van der Waals surface area contributed by atoms with Crippen LogP contribution in [-0.4, -0.2) is 34.2 Å². The Morgan fingerprint density at radius 2 is 2.24 bits per heavy atom. The van der Waals surface area contributed by atoms with E-state index in [9.17, 15) is 9.59 Å². The van der Waals surface area contributed by atoms with Crippen LogP contribution in [0.1, 0.15) is 0 Å². The standard InChI is InChI=1S/C14H16N4O3/c1-17-13(19)5-12(16-14(17)20)18-7-10(8-18)9-21-11-3-2-4-15-6-11/h2-6,10H,7-9H2,1H3,(H,16,20). The smallest absolute Gasteiger partial charge is 0.329 e. The van der Waals surface area contributed by atoms with Gasteiger partial charge in [-0.25, -0.2) is 4.79 Å². The number of pyridine rings is 1. The van der Waals surface area contributed by atoms with Gasteiger partial charge in [0.05, 0.1) is 12.8 Å². The van der Waals surface area contributed by atoms with Gasteiger partial charge in [0.15, 0.2) is 0 Å². The lowest BCUT2D eigenvalue weighted by atomic mass is 10.0. The molecule has 0 spiro atoms. The molecule has 3 rings (SSSR count). The first-order chi connectivity index (χ1) is 10.1. The molecule has 110 valence electrons. The first kappa shape index (κ1) is 13.4. The third-order valence-electron chi connectivity index (χ3n) is 3.55. The van der Waals surface area contributed by atoms with E-state index in [1.165, 1.54) is 13.1 Å². The molecule has 0 aliphatic carbocycles. The van der Waals surface area contributed by atoms with Crippen molar-refractivity contribution < 1.29 is 4.74 Å². The van der Waals surface area contributed by atoms with E-state index >= 15 is 0 Å². The van der Waals surface area contributed by atoms with Crippen LogP contribution >= 0.6 is 0 Å². The summed E-state index contributed by atoms with van der Waals surface area (Å²) in [7, 11) is 1.45. The molecular formula is C14H16N4O3. The lowest BCUT2D eigenvalue weighted by molar-refractivity contribution is 0.219. The molecule has 1 aliphatic rings. The number of nitrogens with one attached hydrogen (secondary N) is 1. The molecule has 2 aromatic heterocycles. The van der Waals surface area contributed by atoms with E-state index in [0.29, 0.717) is 18.3 Å². The van der Waals surface area contributed by atoms with Crippen LogP contribution in [0, 0.1) is 5.92 Å². The molecule has 0 amide bonds. The number of ether oxygens (including phenoxy) is 1. The minimum atomic E-state index is -0.396. The van der Waals surface area contributed by atoms with Crippen molar-refractivity contribution in [2.24, 2.45) is 13.0 Å². The van der Waals surface area contributed by atoms with E-state index in [1.54, 1.807) is 12.4 Å². The summed E-state index contributed by atoms with van der Waals surface area (Å²) in [6.07, 6.45) is 3.37. The highest BCUT2D eigenvalue weighted by atomic mass is 16.5. The first-order valence-corrected chi connectivity index (χ1v) is 6.71. The normalized spacial score (nSPS) is 14.8. The van der Waals surface area contributed by atoms with Crippen molar-refractivity contribution in [3.63, 3.8) is 0 Å². The number of nitrogens with zero attached hydrogens (tertiary/aromatic N) is 3. The predicted molar refractivity (Wildman–Crippen MR) is 77.7 cm³/mol. The lowest BCUT2D eigenvalue weighted by Gasteiger charge is -2.40. The second-order valence-electron chi connectivity index (χ2n) is 5.13. The average molecular weight is 288 g/mol. The number of hydrogen-bond acceptors (Lipinski definition) is 5. The Morgan fingerprint density at radius 3 is 2.90 bits per heavy atom. The largest absolute Gasteiger partial charge is 0.492 e. The Hall–Kier alpha value is -2.57. The van der Waals surface area contributed by atoms with Gasteiger partial charge in [0.1, 0.15) is 11.6 Å². The SMILES string of the molecule is Cn1c(=O)cc(N2CC(COc3cccnc3)C2)[nH]c1=O. The number of aromatic nitrogens is 3. The minimum absolute atomic E-state index is 0.302. The van der Waals surface area contributed by atoms with E-state index in [4.69, 9.17) is 4.74 Å². The summed E-state index contributed by atoms with van der Waals surface area (Å²) in [5.41, 5.74) is -0.698. The summed E-state index contributed by atoms with van der Waals surface area (Å²) >= 11 is 0. The molecule has 3 heterocycles. The molecular weight excluding hydrogens is 272 g/mol. The third-order valence-corrected chi connectivity index (χ3v) is 3.55. The van der Waals surface area contributed by atoms with Crippen molar-refractivity contribution >= 4 is 5.82 Å². The summed E-state index contributed by atoms with van der Waals surface area (Å²) in [6, 6.07) is 5.13. The number of hydrogen-bond donors (Lipinski definition) is 1. The first-order valence-electron chi connectivity index (χ1n) is 6.71. The molecule has 7 nitrogen and oxygen atoms in total. The molecule has 0 unspecified atom stereocenters. The van der Waals surface area contributed by atoms with Crippen molar-refractivity contribution in [3.8, 4) is 5.75 Å². The fourth-order valence-corrected chi connectivity index (χ4v) is 2.23. The van der Waals surface area contributed by atoms with E-state index in [0.717, 1.165) is 23.4 Å². The fraction of sp³-hybridized carbons (Fsp3) is 0.357. The van der Waals surface area contributed by atoms with Crippen LogP contribution in [0.4, 0.5) is 5.82 Å². The maximum atomic E-state index is 11.6. The van der Waals surface area contributed by atoms with Crippen LogP contribution in [0.5, 0.6) is 5.75 Å². The summed E-state index contributed by atoms with van der Waals surface area (Å²) in [5.74, 6) is 1.69. The van der Waals surface area contributed by atoms with Gasteiger partial charge < -0.3 is 9.64 Å². The van der Waals surface area contributed by atoms with Crippen molar-refractivity contribution in [3.05, 3.63) is 51.4 Å². The molecule has 1 saturated heterocycles. The molecule has 0 atom stereocenters. The summed E-state index contributed by atoms with van der Waals surface area (Å²) in [4.78, 5) is 31.8. The Kier molecular flexibility index (Phi) is 3.47. The summed E-state index contributed by atoms with van der Waals surface area (Å²) in [5, 5.41) is 0. The van der Waals surface area contributed by atoms with Crippen LogP contribution in [0.3, 0.4) is 0 Å². The van der Waals surface area contributed by atoms with Crippen molar-refractivity contribution in [1.82, 2.24) is 14.5 Å². The number of anilines is 1. The monoisotopic (exact) mass is 288 g/mol. The summed E-state index contributed by atoms with van der Waals surface area (Å²) < 4.78 is 6.68. The molecule has 0 radical (unpaired) electrons. The molecule has 0 aromatic carbocycles. The van der Waals surface area contributed by atoms with Crippen LogP contribution < -0.4 is 20.9 Å². The topological polar surface area (TPSA) is 80.2 Å². The number of aromatic amines is 1. The van der Waals surface area contributed by atoms with Crippen LogP contribution in [0.15, 0.2) is 40.2 Å². The zero-order valence-electron chi connectivity index (χ0n) is 11.7. The Morgan fingerprint density at radius 1 is 1.43 bits per heavy atom. The maximum absolute atomic E-state index is 11.6. The quantitative estimate of drug-likeness (QED) is 0.855. The second kappa shape index (κ2) is 5.43. The van der Waals surface area contributed by atoms with Gasteiger partial charge in [0.2, 0.25) is 0 Å². The fourth-order valence-electron chi connectivity index (χ4n) is 2.23. The molecule has 2 aromatic rings. The van der Waals surface area contributed by atoms with Gasteiger partial charge in [-0.1, -0.05) is 0 Å². The lowest BCUT2D eigenvalue weighted by Crippen LogP contribution is -2.51. The Labute approximate surface area is 120 Å². The van der Waals surface area contributed by atoms with E-state index in [1.807, 2.05) is 17.0 Å². The van der Waals surface area contributed by atoms with E-state index in [-0.39, 0.29) is 5.56 Å². The summed E-state index contributed by atoms with van der Waals surface area (Å²) in [6.45, 7) is 2.10. The highest BCUT2D eigenvalue weighted by molar-refractivity contribution is 5.40. The van der Waals surface area contributed by atoms with Crippen LogP contribution in [0.2, 0.25) is 0 Å². The van der Waals surface area contributed by atoms with Crippen molar-refractivity contribution in [1.29, 1.82) is 0 Å². The molecule has 21 heavy (non-hydrogen) atoms.